The molecule has 0 spiro atoms. The van der Waals surface area contributed by atoms with Crippen molar-refractivity contribution in [1.82, 2.24) is 0 Å². The standard InChI is InChI=1S/C27H44O/c1-19(2)8-6-9-21(4)25-15-16-26-22(10-7-17-27(25,26)5)12-13-23-18-24(28)14-11-20(23)3/h12-13,19,21,24-25,28H,6-11,14-18H2,1-5H3/t21-,24+,25-,27-/m1/s1. The Hall–Kier alpha value is -0.820. The van der Waals surface area contributed by atoms with Crippen molar-refractivity contribution < 1.29 is 5.11 Å². The van der Waals surface area contributed by atoms with Gasteiger partial charge in [-0.25, -0.2) is 0 Å². The minimum atomic E-state index is -0.139. The number of allylic oxidation sites excluding steroid dienone is 5. The van der Waals surface area contributed by atoms with Gasteiger partial charge in [-0.2, -0.15) is 0 Å². The Kier molecular flexibility index (Phi) is 7.29. The molecule has 1 nitrogen and oxygen atoms in total. The summed E-state index contributed by atoms with van der Waals surface area (Å²) in [5.41, 5.74) is 6.71. The van der Waals surface area contributed by atoms with Gasteiger partial charge in [0.15, 0.2) is 0 Å². The van der Waals surface area contributed by atoms with E-state index in [1.165, 1.54) is 62.5 Å². The fourth-order valence-corrected chi connectivity index (χ4v) is 6.42. The maximum Gasteiger partial charge on any atom is 0.0583 e. The molecule has 1 fully saturated rings. The maximum atomic E-state index is 10.0. The van der Waals surface area contributed by atoms with Crippen LogP contribution < -0.4 is 0 Å². The Balaban J connectivity index is 1.74. The topological polar surface area (TPSA) is 20.2 Å². The summed E-state index contributed by atoms with van der Waals surface area (Å²) in [5, 5.41) is 10.0. The van der Waals surface area contributed by atoms with Gasteiger partial charge in [-0.05, 0) is 92.6 Å². The summed E-state index contributed by atoms with van der Waals surface area (Å²) in [6.07, 6.45) is 18.4. The van der Waals surface area contributed by atoms with Crippen LogP contribution in [0.3, 0.4) is 0 Å². The molecule has 0 aromatic carbocycles. The summed E-state index contributed by atoms with van der Waals surface area (Å²) in [6, 6.07) is 0. The lowest BCUT2D eigenvalue weighted by Gasteiger charge is -2.40. The average Bonchev–Trinajstić information content (AvgIpc) is 2.99. The fourth-order valence-electron chi connectivity index (χ4n) is 6.42. The van der Waals surface area contributed by atoms with E-state index < -0.39 is 0 Å². The van der Waals surface area contributed by atoms with E-state index in [0.717, 1.165) is 37.0 Å². The zero-order valence-corrected chi connectivity index (χ0v) is 19.2. The molecule has 158 valence electrons. The summed E-state index contributed by atoms with van der Waals surface area (Å²) in [5.74, 6) is 2.56. The minimum absolute atomic E-state index is 0.139. The molecule has 0 bridgehead atoms. The first-order valence-electron chi connectivity index (χ1n) is 12.1. The highest BCUT2D eigenvalue weighted by Crippen LogP contribution is 2.58. The van der Waals surface area contributed by atoms with Gasteiger partial charge in [0.25, 0.3) is 0 Å². The van der Waals surface area contributed by atoms with Gasteiger partial charge in [0.05, 0.1) is 6.10 Å². The molecule has 1 heteroatoms. The molecular weight excluding hydrogens is 340 g/mol. The Morgan fingerprint density at radius 3 is 2.54 bits per heavy atom. The third-order valence-corrected chi connectivity index (χ3v) is 8.21. The second-order valence-corrected chi connectivity index (χ2v) is 10.8. The molecule has 28 heavy (non-hydrogen) atoms. The third kappa shape index (κ3) is 4.84. The molecule has 0 aromatic heterocycles. The molecule has 0 heterocycles. The largest absolute Gasteiger partial charge is 0.393 e. The van der Waals surface area contributed by atoms with E-state index >= 15 is 0 Å². The monoisotopic (exact) mass is 384 g/mol. The van der Waals surface area contributed by atoms with Crippen LogP contribution in [-0.2, 0) is 0 Å². The van der Waals surface area contributed by atoms with Crippen LogP contribution in [0.2, 0.25) is 0 Å². The first-order valence-corrected chi connectivity index (χ1v) is 12.1. The molecule has 0 saturated heterocycles. The van der Waals surface area contributed by atoms with Crippen molar-refractivity contribution in [2.75, 3.05) is 0 Å². The highest BCUT2D eigenvalue weighted by molar-refractivity contribution is 5.40. The Bertz CT molecular complexity index is 635. The Morgan fingerprint density at radius 1 is 1.04 bits per heavy atom. The van der Waals surface area contributed by atoms with Gasteiger partial charge in [-0.3, -0.25) is 0 Å². The van der Waals surface area contributed by atoms with Crippen LogP contribution in [-0.4, -0.2) is 11.2 Å². The number of hydrogen-bond donors (Lipinski definition) is 1. The van der Waals surface area contributed by atoms with Crippen molar-refractivity contribution in [3.05, 3.63) is 34.4 Å². The summed E-state index contributed by atoms with van der Waals surface area (Å²) in [4.78, 5) is 0. The Labute approximate surface area is 174 Å². The van der Waals surface area contributed by atoms with Crippen molar-refractivity contribution in [3.8, 4) is 0 Å². The van der Waals surface area contributed by atoms with Crippen LogP contribution in [0.15, 0.2) is 34.4 Å². The second-order valence-electron chi connectivity index (χ2n) is 10.8. The van der Waals surface area contributed by atoms with Gasteiger partial charge in [-0.1, -0.05) is 70.3 Å². The van der Waals surface area contributed by atoms with Crippen molar-refractivity contribution in [3.63, 3.8) is 0 Å². The molecular formula is C27H44O. The predicted molar refractivity (Wildman–Crippen MR) is 121 cm³/mol. The van der Waals surface area contributed by atoms with Crippen LogP contribution in [0.5, 0.6) is 0 Å². The van der Waals surface area contributed by atoms with Gasteiger partial charge >= 0.3 is 0 Å². The lowest BCUT2D eigenvalue weighted by molar-refractivity contribution is 0.159. The molecule has 1 saturated carbocycles. The van der Waals surface area contributed by atoms with E-state index in [9.17, 15) is 5.11 Å². The first-order chi connectivity index (χ1) is 13.3. The van der Waals surface area contributed by atoms with Crippen LogP contribution >= 0.6 is 0 Å². The van der Waals surface area contributed by atoms with Crippen LogP contribution in [0.1, 0.15) is 105 Å². The zero-order chi connectivity index (χ0) is 20.3. The minimum Gasteiger partial charge on any atom is -0.393 e. The first kappa shape index (κ1) is 21.9. The quantitative estimate of drug-likeness (QED) is 0.475. The van der Waals surface area contributed by atoms with Gasteiger partial charge < -0.3 is 5.11 Å². The van der Waals surface area contributed by atoms with E-state index in [1.54, 1.807) is 11.1 Å². The van der Waals surface area contributed by atoms with E-state index in [4.69, 9.17) is 0 Å². The molecule has 3 aliphatic rings. The van der Waals surface area contributed by atoms with E-state index in [1.807, 2.05) is 0 Å². The molecule has 3 rings (SSSR count). The number of aliphatic hydroxyl groups is 1. The van der Waals surface area contributed by atoms with Crippen LogP contribution in [0.4, 0.5) is 0 Å². The maximum absolute atomic E-state index is 10.0. The van der Waals surface area contributed by atoms with E-state index in [2.05, 4.69) is 46.8 Å². The van der Waals surface area contributed by atoms with Crippen molar-refractivity contribution in [2.45, 2.75) is 111 Å². The van der Waals surface area contributed by atoms with Gasteiger partial charge in [-0.15, -0.1) is 0 Å². The second kappa shape index (κ2) is 9.33. The summed E-state index contributed by atoms with van der Waals surface area (Å²) in [6.45, 7) is 12.1. The third-order valence-electron chi connectivity index (χ3n) is 8.21. The lowest BCUT2D eigenvalue weighted by atomic mass is 9.64. The van der Waals surface area contributed by atoms with Crippen LogP contribution in [0.25, 0.3) is 0 Å². The normalized spacial score (nSPS) is 32.5. The summed E-state index contributed by atoms with van der Waals surface area (Å²) in [7, 11) is 0. The van der Waals surface area contributed by atoms with Gasteiger partial charge in [0, 0.05) is 0 Å². The molecule has 0 amide bonds. The summed E-state index contributed by atoms with van der Waals surface area (Å²) >= 11 is 0. The molecule has 0 aliphatic heterocycles. The summed E-state index contributed by atoms with van der Waals surface area (Å²) < 4.78 is 0. The predicted octanol–water partition coefficient (Wildman–Crippen LogP) is 7.76. The fraction of sp³-hybridized carbons (Fsp3) is 0.778. The number of fused-ring (bicyclic) bond motifs is 1. The molecule has 0 unspecified atom stereocenters. The molecule has 0 aromatic rings. The van der Waals surface area contributed by atoms with Gasteiger partial charge in [0.2, 0.25) is 0 Å². The average molecular weight is 385 g/mol. The van der Waals surface area contributed by atoms with Crippen LogP contribution in [0, 0.1) is 23.2 Å². The highest BCUT2D eigenvalue weighted by atomic mass is 16.3. The molecule has 0 radical (unpaired) electrons. The van der Waals surface area contributed by atoms with Crippen molar-refractivity contribution in [1.29, 1.82) is 0 Å². The SMILES string of the molecule is CC1=C(C=CC2=C3CC[C@H]([C@H](C)CCCC(C)C)[C@@]3(C)CCC2)C[C@@H](O)CC1. The van der Waals surface area contributed by atoms with E-state index in [-0.39, 0.29) is 6.10 Å². The highest BCUT2D eigenvalue weighted by Gasteiger charge is 2.46. The van der Waals surface area contributed by atoms with Crippen molar-refractivity contribution >= 4 is 0 Å². The number of aliphatic hydroxyl groups excluding tert-OH is 1. The Morgan fingerprint density at radius 2 is 1.79 bits per heavy atom. The molecule has 4 atom stereocenters. The molecule has 1 N–H and O–H groups in total. The number of rotatable bonds is 7. The van der Waals surface area contributed by atoms with Crippen molar-refractivity contribution in [2.24, 2.45) is 23.2 Å². The molecule has 3 aliphatic carbocycles. The van der Waals surface area contributed by atoms with E-state index in [0.29, 0.717) is 5.41 Å². The van der Waals surface area contributed by atoms with Gasteiger partial charge in [0.1, 0.15) is 0 Å². The smallest absolute Gasteiger partial charge is 0.0583 e. The zero-order valence-electron chi connectivity index (χ0n) is 19.2. The number of hydrogen-bond acceptors (Lipinski definition) is 1. The lowest BCUT2D eigenvalue weighted by Crippen LogP contribution is -2.31.